The first-order valence-corrected chi connectivity index (χ1v) is 6.75. The normalized spacial score (nSPS) is 11.6. The maximum absolute atomic E-state index is 11.6. The lowest BCUT2D eigenvalue weighted by atomic mass is 10.3. The van der Waals surface area contributed by atoms with Crippen molar-refractivity contribution in [2.45, 2.75) is 26.3 Å². The number of ether oxygens (including phenoxy) is 2. The Kier molecular flexibility index (Phi) is 6.87. The van der Waals surface area contributed by atoms with Crippen molar-refractivity contribution >= 4 is 23.5 Å². The zero-order valence-electron chi connectivity index (χ0n) is 11.5. The molecule has 0 bridgehead atoms. The van der Waals surface area contributed by atoms with Gasteiger partial charge in [-0.25, -0.2) is 4.79 Å². The molecule has 6 heteroatoms. The molecule has 0 saturated heterocycles. The standard InChI is InChI=1S/C14H18ClNO4/c1-3-19-14(18)10(2)16-13(17)8-9-20-12-7-5-4-6-11(12)15/h4-7,10H,3,8-9H2,1-2H3,(H,16,17). The smallest absolute Gasteiger partial charge is 0.328 e. The van der Waals surface area contributed by atoms with Crippen LogP contribution < -0.4 is 10.1 Å². The molecule has 110 valence electrons. The van der Waals surface area contributed by atoms with E-state index in [1.165, 1.54) is 0 Å². The van der Waals surface area contributed by atoms with Crippen molar-refractivity contribution in [3.05, 3.63) is 29.3 Å². The van der Waals surface area contributed by atoms with Crippen molar-refractivity contribution in [1.29, 1.82) is 0 Å². The van der Waals surface area contributed by atoms with Crippen LogP contribution in [0, 0.1) is 0 Å². The number of nitrogens with one attached hydrogen (secondary N) is 1. The molecule has 0 aliphatic heterocycles. The van der Waals surface area contributed by atoms with Crippen molar-refractivity contribution in [3.63, 3.8) is 0 Å². The average Bonchev–Trinajstić information content (AvgIpc) is 2.41. The third kappa shape index (κ3) is 5.48. The molecule has 1 unspecified atom stereocenters. The van der Waals surface area contributed by atoms with Crippen LogP contribution in [-0.2, 0) is 14.3 Å². The monoisotopic (exact) mass is 299 g/mol. The highest BCUT2D eigenvalue weighted by atomic mass is 35.5. The van der Waals surface area contributed by atoms with E-state index in [-0.39, 0.29) is 25.5 Å². The van der Waals surface area contributed by atoms with Gasteiger partial charge in [0.1, 0.15) is 11.8 Å². The van der Waals surface area contributed by atoms with Crippen LogP contribution in [0.4, 0.5) is 0 Å². The molecule has 5 nitrogen and oxygen atoms in total. The first-order valence-electron chi connectivity index (χ1n) is 6.38. The zero-order chi connectivity index (χ0) is 15.0. The van der Waals surface area contributed by atoms with Gasteiger partial charge in [-0.2, -0.15) is 0 Å². The molecule has 0 fully saturated rings. The van der Waals surface area contributed by atoms with E-state index < -0.39 is 12.0 Å². The Bertz CT molecular complexity index is 464. The summed E-state index contributed by atoms with van der Waals surface area (Å²) >= 11 is 5.91. The van der Waals surface area contributed by atoms with E-state index in [9.17, 15) is 9.59 Å². The van der Waals surface area contributed by atoms with Gasteiger partial charge in [-0.3, -0.25) is 4.79 Å². The van der Waals surface area contributed by atoms with E-state index in [0.717, 1.165) is 0 Å². The van der Waals surface area contributed by atoms with Crippen LogP contribution >= 0.6 is 11.6 Å². The number of rotatable bonds is 7. The third-order valence-corrected chi connectivity index (χ3v) is 2.75. The van der Waals surface area contributed by atoms with Crippen LogP contribution in [0.25, 0.3) is 0 Å². The van der Waals surface area contributed by atoms with E-state index >= 15 is 0 Å². The van der Waals surface area contributed by atoms with Gasteiger partial charge >= 0.3 is 5.97 Å². The zero-order valence-corrected chi connectivity index (χ0v) is 12.3. The van der Waals surface area contributed by atoms with E-state index in [1.807, 2.05) is 0 Å². The van der Waals surface area contributed by atoms with Crippen LogP contribution in [0.1, 0.15) is 20.3 Å². The van der Waals surface area contributed by atoms with Crippen molar-refractivity contribution < 1.29 is 19.1 Å². The van der Waals surface area contributed by atoms with Gasteiger partial charge in [0.15, 0.2) is 0 Å². The number of amides is 1. The molecular weight excluding hydrogens is 282 g/mol. The maximum atomic E-state index is 11.6. The number of hydrogen-bond donors (Lipinski definition) is 1. The lowest BCUT2D eigenvalue weighted by Gasteiger charge is -2.13. The molecule has 1 N–H and O–H groups in total. The fraction of sp³-hybridized carbons (Fsp3) is 0.429. The summed E-state index contributed by atoms with van der Waals surface area (Å²) in [5.74, 6) is -0.203. The topological polar surface area (TPSA) is 64.6 Å². The minimum absolute atomic E-state index is 0.134. The Labute approximate surface area is 123 Å². The third-order valence-electron chi connectivity index (χ3n) is 2.44. The summed E-state index contributed by atoms with van der Waals surface area (Å²) in [6.07, 6.45) is 0.134. The van der Waals surface area contributed by atoms with E-state index in [0.29, 0.717) is 10.8 Å². The molecule has 0 aliphatic carbocycles. The Morgan fingerprint density at radius 3 is 2.70 bits per heavy atom. The number of benzene rings is 1. The number of carbonyl (C=O) groups excluding carboxylic acids is 2. The summed E-state index contributed by atoms with van der Waals surface area (Å²) in [5, 5.41) is 3.03. The van der Waals surface area contributed by atoms with Crippen LogP contribution in [-0.4, -0.2) is 31.1 Å². The van der Waals surface area contributed by atoms with Gasteiger partial charge in [-0.1, -0.05) is 23.7 Å². The van der Waals surface area contributed by atoms with Crippen LogP contribution in [0.2, 0.25) is 5.02 Å². The molecule has 0 saturated carbocycles. The van der Waals surface area contributed by atoms with E-state index in [2.05, 4.69) is 5.32 Å². The van der Waals surface area contributed by atoms with Crippen molar-refractivity contribution in [2.24, 2.45) is 0 Å². The molecule has 0 spiro atoms. The van der Waals surface area contributed by atoms with Gasteiger partial charge in [0.05, 0.1) is 24.7 Å². The highest BCUT2D eigenvalue weighted by Gasteiger charge is 2.16. The predicted octanol–water partition coefficient (Wildman–Crippen LogP) is 2.18. The fourth-order valence-corrected chi connectivity index (χ4v) is 1.65. The van der Waals surface area contributed by atoms with E-state index in [4.69, 9.17) is 21.1 Å². The molecule has 0 aromatic heterocycles. The SMILES string of the molecule is CCOC(=O)C(C)NC(=O)CCOc1ccccc1Cl. The molecule has 20 heavy (non-hydrogen) atoms. The lowest BCUT2D eigenvalue weighted by molar-refractivity contribution is -0.146. The van der Waals surface area contributed by atoms with Crippen LogP contribution in [0.15, 0.2) is 24.3 Å². The molecule has 1 rings (SSSR count). The first-order chi connectivity index (χ1) is 9.54. The highest BCUT2D eigenvalue weighted by Crippen LogP contribution is 2.22. The van der Waals surface area contributed by atoms with Gasteiger partial charge in [0, 0.05) is 0 Å². The largest absolute Gasteiger partial charge is 0.491 e. The maximum Gasteiger partial charge on any atom is 0.328 e. The second-order valence-electron chi connectivity index (χ2n) is 4.07. The van der Waals surface area contributed by atoms with E-state index in [1.54, 1.807) is 38.1 Å². The van der Waals surface area contributed by atoms with Gasteiger partial charge in [-0.15, -0.1) is 0 Å². The number of carbonyl (C=O) groups is 2. The lowest BCUT2D eigenvalue weighted by Crippen LogP contribution is -2.40. The van der Waals surface area contributed by atoms with Gasteiger partial charge in [0.25, 0.3) is 0 Å². The summed E-state index contributed by atoms with van der Waals surface area (Å²) < 4.78 is 10.2. The highest BCUT2D eigenvalue weighted by molar-refractivity contribution is 6.32. The van der Waals surface area contributed by atoms with Gasteiger partial charge < -0.3 is 14.8 Å². The van der Waals surface area contributed by atoms with Crippen molar-refractivity contribution in [3.8, 4) is 5.75 Å². The minimum atomic E-state index is -0.664. The van der Waals surface area contributed by atoms with Crippen LogP contribution in [0.5, 0.6) is 5.75 Å². The molecule has 1 aromatic rings. The molecule has 1 aromatic carbocycles. The first kappa shape index (κ1) is 16.3. The summed E-state index contributed by atoms with van der Waals surface area (Å²) in [4.78, 5) is 22.9. The summed E-state index contributed by atoms with van der Waals surface area (Å²) in [5.41, 5.74) is 0. The number of para-hydroxylation sites is 1. The van der Waals surface area contributed by atoms with Crippen molar-refractivity contribution in [1.82, 2.24) is 5.32 Å². The average molecular weight is 300 g/mol. The summed E-state index contributed by atoms with van der Waals surface area (Å²) in [7, 11) is 0. The predicted molar refractivity (Wildman–Crippen MR) is 75.8 cm³/mol. The number of esters is 1. The second kappa shape index (κ2) is 8.43. The molecule has 1 amide bonds. The Morgan fingerprint density at radius 1 is 1.35 bits per heavy atom. The van der Waals surface area contributed by atoms with Crippen molar-refractivity contribution in [2.75, 3.05) is 13.2 Å². The summed E-state index contributed by atoms with van der Waals surface area (Å²) in [6, 6.07) is 6.36. The van der Waals surface area contributed by atoms with Crippen LogP contribution in [0.3, 0.4) is 0 Å². The second-order valence-corrected chi connectivity index (χ2v) is 4.48. The van der Waals surface area contributed by atoms with Gasteiger partial charge in [0.2, 0.25) is 5.91 Å². The molecular formula is C14H18ClNO4. The molecule has 0 aliphatic rings. The summed E-state index contributed by atoms with van der Waals surface area (Å²) in [6.45, 7) is 3.76. The van der Waals surface area contributed by atoms with Gasteiger partial charge in [-0.05, 0) is 26.0 Å². The Balaban J connectivity index is 2.30. The molecule has 1 atom stereocenters. The molecule has 0 radical (unpaired) electrons. The quantitative estimate of drug-likeness (QED) is 0.784. The minimum Gasteiger partial charge on any atom is -0.491 e. The molecule has 0 heterocycles. The number of halogens is 1. The fourth-order valence-electron chi connectivity index (χ4n) is 1.46. The Hall–Kier alpha value is -1.75. The number of hydrogen-bond acceptors (Lipinski definition) is 4. The Morgan fingerprint density at radius 2 is 2.05 bits per heavy atom.